The van der Waals surface area contributed by atoms with Crippen molar-refractivity contribution >= 4 is 0 Å². The molecule has 2 heterocycles. The highest BCUT2D eigenvalue weighted by Crippen LogP contribution is 2.29. The molecule has 3 heteroatoms. The summed E-state index contributed by atoms with van der Waals surface area (Å²) in [5.74, 6) is 0.574. The van der Waals surface area contributed by atoms with E-state index in [1.807, 2.05) is 0 Å². The van der Waals surface area contributed by atoms with Crippen LogP contribution >= 0.6 is 0 Å². The highest BCUT2D eigenvalue weighted by molar-refractivity contribution is 5.03. The molecular weight excluding hydrogens is 227 g/mol. The van der Waals surface area contributed by atoms with Crippen molar-refractivity contribution in [2.75, 3.05) is 26.2 Å². The molecule has 18 heavy (non-hydrogen) atoms. The number of likely N-dealkylation sites (tertiary alicyclic amines) is 2. The lowest BCUT2D eigenvalue weighted by Crippen LogP contribution is -2.42. The molecule has 0 aromatic carbocycles. The molecule has 0 aliphatic carbocycles. The van der Waals surface area contributed by atoms with E-state index in [2.05, 4.69) is 30.2 Å². The number of piperidine rings is 2. The monoisotopic (exact) mass is 254 g/mol. The highest BCUT2D eigenvalue weighted by Gasteiger charge is 2.27. The Morgan fingerprint density at radius 3 is 2.39 bits per heavy atom. The van der Waals surface area contributed by atoms with Crippen LogP contribution in [0.2, 0.25) is 0 Å². The maximum atomic E-state index is 13.4. The van der Waals surface area contributed by atoms with E-state index in [9.17, 15) is 4.39 Å². The maximum Gasteiger partial charge on any atom is 0.118 e. The number of alkyl halides is 1. The SMILES string of the molecule is C=C(C1CCN(C(C)C)CC1)N1CCCC(F)C1. The summed E-state index contributed by atoms with van der Waals surface area (Å²) in [6.07, 6.45) is 3.43. The van der Waals surface area contributed by atoms with Crippen molar-refractivity contribution < 1.29 is 4.39 Å². The minimum Gasteiger partial charge on any atom is -0.372 e. The van der Waals surface area contributed by atoms with Crippen molar-refractivity contribution in [1.82, 2.24) is 9.80 Å². The molecule has 2 saturated heterocycles. The minimum absolute atomic E-state index is 0.573. The normalized spacial score (nSPS) is 27.8. The third-order valence-electron chi connectivity index (χ3n) is 4.50. The fraction of sp³-hybridized carbons (Fsp3) is 0.867. The first-order chi connectivity index (χ1) is 8.58. The average molecular weight is 254 g/mol. The number of allylic oxidation sites excluding steroid dienone is 1. The summed E-state index contributed by atoms with van der Waals surface area (Å²) < 4.78 is 13.4. The van der Waals surface area contributed by atoms with E-state index < -0.39 is 6.17 Å². The Labute approximate surface area is 111 Å². The van der Waals surface area contributed by atoms with Gasteiger partial charge in [0, 0.05) is 30.7 Å². The second-order valence-corrected chi connectivity index (χ2v) is 6.08. The molecule has 2 fully saturated rings. The molecule has 0 N–H and O–H groups in total. The third kappa shape index (κ3) is 3.25. The zero-order valence-electron chi connectivity index (χ0n) is 11.9. The van der Waals surface area contributed by atoms with E-state index in [4.69, 9.17) is 0 Å². The van der Waals surface area contributed by atoms with Crippen LogP contribution in [0.4, 0.5) is 4.39 Å². The van der Waals surface area contributed by atoms with E-state index in [-0.39, 0.29) is 0 Å². The predicted octanol–water partition coefficient (Wildman–Crippen LogP) is 3.05. The number of hydrogen-bond acceptors (Lipinski definition) is 2. The zero-order chi connectivity index (χ0) is 13.1. The molecule has 2 nitrogen and oxygen atoms in total. The lowest BCUT2D eigenvalue weighted by molar-refractivity contribution is 0.122. The molecule has 0 saturated carbocycles. The second kappa shape index (κ2) is 6.05. The Balaban J connectivity index is 1.83. The van der Waals surface area contributed by atoms with Crippen LogP contribution < -0.4 is 0 Å². The molecule has 0 aromatic rings. The van der Waals surface area contributed by atoms with E-state index in [1.165, 1.54) is 18.5 Å². The van der Waals surface area contributed by atoms with Gasteiger partial charge in [-0.25, -0.2) is 4.39 Å². The van der Waals surface area contributed by atoms with Gasteiger partial charge in [0.25, 0.3) is 0 Å². The Morgan fingerprint density at radius 1 is 1.17 bits per heavy atom. The summed E-state index contributed by atoms with van der Waals surface area (Å²) in [7, 11) is 0. The highest BCUT2D eigenvalue weighted by atomic mass is 19.1. The standard InChI is InChI=1S/C15H27FN2/c1-12(2)17-9-6-14(7-10-17)13(3)18-8-4-5-15(16)11-18/h12,14-15H,3-11H2,1-2H3. The molecule has 2 rings (SSSR count). The summed E-state index contributed by atoms with van der Waals surface area (Å²) in [5.41, 5.74) is 1.20. The zero-order valence-corrected chi connectivity index (χ0v) is 11.9. The fourth-order valence-electron chi connectivity index (χ4n) is 3.19. The molecule has 0 bridgehead atoms. The van der Waals surface area contributed by atoms with Gasteiger partial charge in [0.2, 0.25) is 0 Å². The van der Waals surface area contributed by atoms with E-state index in [1.54, 1.807) is 0 Å². The smallest absolute Gasteiger partial charge is 0.118 e. The predicted molar refractivity (Wildman–Crippen MR) is 74.3 cm³/mol. The molecular formula is C15H27FN2. The molecule has 1 unspecified atom stereocenters. The number of halogens is 1. The molecule has 104 valence electrons. The fourth-order valence-corrected chi connectivity index (χ4v) is 3.19. The number of hydrogen-bond donors (Lipinski definition) is 0. The second-order valence-electron chi connectivity index (χ2n) is 6.08. The Morgan fingerprint density at radius 2 is 1.83 bits per heavy atom. The number of rotatable bonds is 3. The summed E-state index contributed by atoms with van der Waals surface area (Å²) >= 11 is 0. The van der Waals surface area contributed by atoms with Crippen LogP contribution in [0.5, 0.6) is 0 Å². The van der Waals surface area contributed by atoms with E-state index in [0.29, 0.717) is 18.5 Å². The summed E-state index contributed by atoms with van der Waals surface area (Å²) in [5, 5.41) is 0. The van der Waals surface area contributed by atoms with Crippen LogP contribution in [-0.4, -0.2) is 48.2 Å². The Hall–Kier alpha value is -0.570. The van der Waals surface area contributed by atoms with Crippen molar-refractivity contribution in [3.05, 3.63) is 12.3 Å². The Kier molecular flexibility index (Phi) is 4.66. The Bertz CT molecular complexity index is 282. The van der Waals surface area contributed by atoms with Crippen LogP contribution in [0.25, 0.3) is 0 Å². The van der Waals surface area contributed by atoms with Gasteiger partial charge in [0.15, 0.2) is 0 Å². The summed E-state index contributed by atoms with van der Waals surface area (Å²) in [6, 6.07) is 0.643. The molecule has 2 aliphatic rings. The third-order valence-corrected chi connectivity index (χ3v) is 4.50. The van der Waals surface area contributed by atoms with Gasteiger partial charge in [-0.15, -0.1) is 0 Å². The van der Waals surface area contributed by atoms with Crippen LogP contribution in [0.3, 0.4) is 0 Å². The minimum atomic E-state index is -0.647. The maximum absolute atomic E-state index is 13.4. The lowest BCUT2D eigenvalue weighted by atomic mass is 9.91. The van der Waals surface area contributed by atoms with E-state index >= 15 is 0 Å². The van der Waals surface area contributed by atoms with E-state index in [0.717, 1.165) is 32.5 Å². The van der Waals surface area contributed by atoms with Crippen LogP contribution in [0, 0.1) is 5.92 Å². The molecule has 0 aromatic heterocycles. The van der Waals surface area contributed by atoms with Gasteiger partial charge in [-0.2, -0.15) is 0 Å². The van der Waals surface area contributed by atoms with Crippen molar-refractivity contribution in [3.63, 3.8) is 0 Å². The molecule has 2 aliphatic heterocycles. The van der Waals surface area contributed by atoms with Gasteiger partial charge in [0.1, 0.15) is 6.17 Å². The topological polar surface area (TPSA) is 6.48 Å². The van der Waals surface area contributed by atoms with Gasteiger partial charge in [0.05, 0.1) is 0 Å². The average Bonchev–Trinajstić information content (AvgIpc) is 2.38. The quantitative estimate of drug-likeness (QED) is 0.764. The largest absolute Gasteiger partial charge is 0.372 e. The van der Waals surface area contributed by atoms with Crippen molar-refractivity contribution in [1.29, 1.82) is 0 Å². The first kappa shape index (κ1) is 13.9. The first-order valence-electron chi connectivity index (χ1n) is 7.39. The van der Waals surface area contributed by atoms with Crippen LogP contribution in [-0.2, 0) is 0 Å². The van der Waals surface area contributed by atoms with Gasteiger partial charge < -0.3 is 9.80 Å². The van der Waals surface area contributed by atoms with Crippen LogP contribution in [0.1, 0.15) is 39.5 Å². The molecule has 1 atom stereocenters. The molecule has 0 spiro atoms. The number of nitrogens with zero attached hydrogens (tertiary/aromatic N) is 2. The summed E-state index contributed by atoms with van der Waals surface area (Å²) in [6.45, 7) is 12.7. The van der Waals surface area contributed by atoms with Crippen molar-refractivity contribution in [3.8, 4) is 0 Å². The lowest BCUT2D eigenvalue weighted by Gasteiger charge is -2.40. The van der Waals surface area contributed by atoms with Crippen molar-refractivity contribution in [2.24, 2.45) is 5.92 Å². The van der Waals surface area contributed by atoms with Gasteiger partial charge in [-0.1, -0.05) is 6.58 Å². The van der Waals surface area contributed by atoms with Crippen LogP contribution in [0.15, 0.2) is 12.3 Å². The summed E-state index contributed by atoms with van der Waals surface area (Å²) in [4.78, 5) is 4.72. The molecule has 0 radical (unpaired) electrons. The van der Waals surface area contributed by atoms with Gasteiger partial charge >= 0.3 is 0 Å². The van der Waals surface area contributed by atoms with Gasteiger partial charge in [-0.05, 0) is 52.6 Å². The van der Waals surface area contributed by atoms with Gasteiger partial charge in [-0.3, -0.25) is 0 Å². The molecule has 0 amide bonds. The first-order valence-corrected chi connectivity index (χ1v) is 7.39. The van der Waals surface area contributed by atoms with Crippen molar-refractivity contribution in [2.45, 2.75) is 51.7 Å².